The number of ketones is 2. The number of nitro benzene ring substituents is 1. The summed E-state index contributed by atoms with van der Waals surface area (Å²) in [7, 11) is 0. The van der Waals surface area contributed by atoms with E-state index in [1.807, 2.05) is 13.8 Å². The van der Waals surface area contributed by atoms with E-state index in [9.17, 15) is 19.7 Å². The number of allylic oxidation sites excluding steroid dienone is 2. The van der Waals surface area contributed by atoms with Crippen LogP contribution in [0.15, 0.2) is 28.0 Å². The molecule has 0 atom stereocenters. The van der Waals surface area contributed by atoms with Crippen molar-refractivity contribution in [1.29, 1.82) is 0 Å². The van der Waals surface area contributed by atoms with Gasteiger partial charge in [-0.2, -0.15) is 0 Å². The Kier molecular flexibility index (Phi) is 6.01. The van der Waals surface area contributed by atoms with Gasteiger partial charge in [0, 0.05) is 23.3 Å². The minimum absolute atomic E-state index is 0.142. The molecule has 1 aliphatic rings. The summed E-state index contributed by atoms with van der Waals surface area (Å²) < 4.78 is 0. The molecule has 0 fully saturated rings. The van der Waals surface area contributed by atoms with Gasteiger partial charge in [0.25, 0.3) is 5.69 Å². The number of fused-ring (bicyclic) bond motifs is 1. The van der Waals surface area contributed by atoms with E-state index < -0.39 is 4.92 Å². The molecule has 0 heterocycles. The van der Waals surface area contributed by atoms with Gasteiger partial charge in [0.15, 0.2) is 0 Å². The molecule has 0 bridgehead atoms. The van der Waals surface area contributed by atoms with Gasteiger partial charge in [-0.25, -0.2) is 0 Å². The van der Waals surface area contributed by atoms with Crippen molar-refractivity contribution in [1.82, 2.24) is 0 Å². The molecule has 23 heavy (non-hydrogen) atoms. The van der Waals surface area contributed by atoms with Gasteiger partial charge in [-0.05, 0) is 30.4 Å². The molecule has 0 saturated carbocycles. The number of nitrogens with zero attached hydrogens (tertiary/aromatic N) is 1. The van der Waals surface area contributed by atoms with E-state index >= 15 is 0 Å². The second-order valence-corrected chi connectivity index (χ2v) is 7.21. The van der Waals surface area contributed by atoms with Crippen LogP contribution in [0.25, 0.3) is 0 Å². The molecule has 7 heteroatoms. The van der Waals surface area contributed by atoms with Crippen LogP contribution < -0.4 is 0 Å². The third-order valence-electron chi connectivity index (χ3n) is 3.22. The first-order chi connectivity index (χ1) is 11.0. The Morgan fingerprint density at radius 2 is 1.48 bits per heavy atom. The highest BCUT2D eigenvalue weighted by Gasteiger charge is 2.33. The number of rotatable bonds is 7. The number of benzene rings is 1. The van der Waals surface area contributed by atoms with Crippen LogP contribution >= 0.6 is 23.5 Å². The van der Waals surface area contributed by atoms with Gasteiger partial charge >= 0.3 is 0 Å². The lowest BCUT2D eigenvalue weighted by atomic mass is 9.94. The molecule has 1 aromatic carbocycles. The molecule has 0 amide bonds. The maximum absolute atomic E-state index is 12.7. The first kappa shape index (κ1) is 17.7. The van der Waals surface area contributed by atoms with Crippen molar-refractivity contribution in [2.75, 3.05) is 11.5 Å². The Morgan fingerprint density at radius 3 is 1.96 bits per heavy atom. The van der Waals surface area contributed by atoms with Crippen LogP contribution in [0.2, 0.25) is 0 Å². The van der Waals surface area contributed by atoms with Crippen molar-refractivity contribution >= 4 is 40.8 Å². The van der Waals surface area contributed by atoms with E-state index in [1.54, 1.807) is 0 Å². The fraction of sp³-hybridized carbons (Fsp3) is 0.375. The van der Waals surface area contributed by atoms with Gasteiger partial charge in [-0.15, -0.1) is 23.5 Å². The summed E-state index contributed by atoms with van der Waals surface area (Å²) in [4.78, 5) is 36.7. The van der Waals surface area contributed by atoms with Crippen molar-refractivity contribution in [3.8, 4) is 0 Å². The van der Waals surface area contributed by atoms with Crippen LogP contribution in [0.1, 0.15) is 47.4 Å². The second-order valence-electron chi connectivity index (χ2n) is 5.00. The molecule has 1 aliphatic carbocycles. The predicted molar refractivity (Wildman–Crippen MR) is 94.3 cm³/mol. The molecule has 0 spiro atoms. The summed E-state index contributed by atoms with van der Waals surface area (Å²) >= 11 is 2.76. The van der Waals surface area contributed by atoms with Crippen molar-refractivity contribution in [2.45, 2.75) is 26.7 Å². The minimum Gasteiger partial charge on any atom is -0.288 e. The molecule has 5 nitrogen and oxygen atoms in total. The highest BCUT2D eigenvalue weighted by Crippen LogP contribution is 2.39. The number of thioether (sulfide) groups is 2. The first-order valence-electron chi connectivity index (χ1n) is 7.38. The standard InChI is InChI=1S/C16H17NO4S2/c1-3-7-22-15-13(18)11-6-5-10(17(20)21)9-12(11)14(19)16(15)23-8-4-2/h5-6,9H,3-4,7-8H2,1-2H3. The van der Waals surface area contributed by atoms with E-state index in [1.165, 1.54) is 41.7 Å². The van der Waals surface area contributed by atoms with Crippen molar-refractivity contribution < 1.29 is 14.5 Å². The second kappa shape index (κ2) is 7.79. The van der Waals surface area contributed by atoms with Gasteiger partial charge in [-0.3, -0.25) is 19.7 Å². The van der Waals surface area contributed by atoms with Gasteiger partial charge in [0.05, 0.1) is 14.7 Å². The van der Waals surface area contributed by atoms with Gasteiger partial charge in [-0.1, -0.05) is 13.8 Å². The summed E-state index contributed by atoms with van der Waals surface area (Å²) in [6, 6.07) is 3.88. The summed E-state index contributed by atoms with van der Waals surface area (Å²) in [6.45, 7) is 4.01. The zero-order valence-corrected chi connectivity index (χ0v) is 14.6. The van der Waals surface area contributed by atoms with Gasteiger partial charge in [0.2, 0.25) is 11.6 Å². The average Bonchev–Trinajstić information content (AvgIpc) is 2.55. The summed E-state index contributed by atoms with van der Waals surface area (Å²) in [5.74, 6) is 1.01. The molecular formula is C16H17NO4S2. The van der Waals surface area contributed by atoms with Crippen LogP contribution in [0.5, 0.6) is 0 Å². The SMILES string of the molecule is CCCSC1=C(SCCC)C(=O)c2cc([N+](=O)[O-])ccc2C1=O. The van der Waals surface area contributed by atoms with Crippen LogP contribution in [0, 0.1) is 10.1 Å². The largest absolute Gasteiger partial charge is 0.288 e. The molecule has 1 aromatic rings. The summed E-state index contributed by atoms with van der Waals surface area (Å²) in [5.41, 5.74) is 0.234. The number of carbonyl (C=O) groups excluding carboxylic acids is 2. The highest BCUT2D eigenvalue weighted by atomic mass is 32.2. The molecule has 122 valence electrons. The maximum atomic E-state index is 12.7. The number of Topliss-reactive ketones (excluding diaryl/α,β-unsaturated/α-hetero) is 2. The number of non-ortho nitro benzene ring substituents is 1. The molecular weight excluding hydrogens is 334 g/mol. The number of hydrogen-bond donors (Lipinski definition) is 0. The van der Waals surface area contributed by atoms with Crippen molar-refractivity contribution in [2.24, 2.45) is 0 Å². The third kappa shape index (κ3) is 3.67. The van der Waals surface area contributed by atoms with E-state index in [2.05, 4.69) is 0 Å². The van der Waals surface area contributed by atoms with Crippen molar-refractivity contribution in [3.05, 3.63) is 49.3 Å². The highest BCUT2D eigenvalue weighted by molar-refractivity contribution is 8.08. The Bertz CT molecular complexity index is 697. The Morgan fingerprint density at radius 1 is 0.957 bits per heavy atom. The number of nitro groups is 1. The molecule has 0 aromatic heterocycles. The average molecular weight is 351 g/mol. The smallest absolute Gasteiger partial charge is 0.270 e. The van der Waals surface area contributed by atoms with E-state index in [0.29, 0.717) is 9.81 Å². The van der Waals surface area contributed by atoms with E-state index in [-0.39, 0.29) is 28.4 Å². The van der Waals surface area contributed by atoms with E-state index in [4.69, 9.17) is 0 Å². The van der Waals surface area contributed by atoms with Crippen LogP contribution in [0.3, 0.4) is 0 Å². The Hall–Kier alpha value is -1.60. The van der Waals surface area contributed by atoms with Gasteiger partial charge < -0.3 is 0 Å². The molecule has 0 saturated heterocycles. The van der Waals surface area contributed by atoms with Gasteiger partial charge in [0.1, 0.15) is 0 Å². The lowest BCUT2D eigenvalue weighted by Crippen LogP contribution is -2.20. The molecule has 0 aliphatic heterocycles. The van der Waals surface area contributed by atoms with Crippen LogP contribution in [0.4, 0.5) is 5.69 Å². The molecule has 0 unspecified atom stereocenters. The zero-order chi connectivity index (χ0) is 17.0. The van der Waals surface area contributed by atoms with Crippen LogP contribution in [-0.2, 0) is 0 Å². The number of carbonyl (C=O) groups is 2. The first-order valence-corrected chi connectivity index (χ1v) is 9.36. The summed E-state index contributed by atoms with van der Waals surface area (Å²) in [5, 5.41) is 10.9. The lowest BCUT2D eigenvalue weighted by Gasteiger charge is -2.20. The molecule has 2 rings (SSSR count). The number of hydrogen-bond acceptors (Lipinski definition) is 6. The molecule has 0 radical (unpaired) electrons. The molecule has 0 N–H and O–H groups in total. The predicted octanol–water partition coefficient (Wildman–Crippen LogP) is 4.47. The normalized spacial score (nSPS) is 14.2. The topological polar surface area (TPSA) is 77.3 Å². The zero-order valence-electron chi connectivity index (χ0n) is 13.0. The Labute approximate surface area is 143 Å². The summed E-state index contributed by atoms with van der Waals surface area (Å²) in [6.07, 6.45) is 1.78. The van der Waals surface area contributed by atoms with Crippen molar-refractivity contribution in [3.63, 3.8) is 0 Å². The maximum Gasteiger partial charge on any atom is 0.270 e. The van der Waals surface area contributed by atoms with E-state index in [0.717, 1.165) is 24.3 Å². The lowest BCUT2D eigenvalue weighted by molar-refractivity contribution is -0.384. The monoisotopic (exact) mass is 351 g/mol. The third-order valence-corrected chi connectivity index (χ3v) is 5.93. The quantitative estimate of drug-likeness (QED) is 0.533. The fourth-order valence-corrected chi connectivity index (χ4v) is 4.25. The van der Waals surface area contributed by atoms with Crippen LogP contribution in [-0.4, -0.2) is 28.0 Å². The fourth-order valence-electron chi connectivity index (χ4n) is 2.15. The minimum atomic E-state index is -0.554. The Balaban J connectivity index is 2.51.